The van der Waals surface area contributed by atoms with Gasteiger partial charge in [0.15, 0.2) is 0 Å². The fraction of sp³-hybridized carbons (Fsp3) is 0.467. The zero-order valence-electron chi connectivity index (χ0n) is 11.8. The number of hydrogen-bond donors (Lipinski definition) is 1. The second-order valence-corrected chi connectivity index (χ2v) is 5.13. The highest BCUT2D eigenvalue weighted by Gasteiger charge is 2.12. The number of ether oxygens (including phenoxy) is 1. The highest BCUT2D eigenvalue weighted by atomic mass is 35.5. The van der Waals surface area contributed by atoms with Crippen LogP contribution in [-0.2, 0) is 0 Å². The summed E-state index contributed by atoms with van der Waals surface area (Å²) in [6, 6.07) is 1.71. The van der Waals surface area contributed by atoms with Crippen molar-refractivity contribution in [3.05, 3.63) is 29.2 Å². The maximum Gasteiger partial charge on any atom is 0.222 e. The minimum Gasteiger partial charge on any atom is -0.477 e. The molecular formula is C15H19ClN2O2. The van der Waals surface area contributed by atoms with Gasteiger partial charge in [0, 0.05) is 18.0 Å². The van der Waals surface area contributed by atoms with Crippen LogP contribution in [0.4, 0.5) is 0 Å². The van der Waals surface area contributed by atoms with Gasteiger partial charge in [-0.15, -0.1) is 0 Å². The number of rotatable bonds is 3. The summed E-state index contributed by atoms with van der Waals surface area (Å²) in [6.07, 6.45) is 7.11. The van der Waals surface area contributed by atoms with Crippen molar-refractivity contribution in [2.75, 3.05) is 6.61 Å². The Bertz CT molecular complexity index is 583. The van der Waals surface area contributed by atoms with Gasteiger partial charge in [0.05, 0.1) is 18.1 Å². The summed E-state index contributed by atoms with van der Waals surface area (Å²) in [4.78, 5) is 8.20. The first-order valence-corrected chi connectivity index (χ1v) is 7.26. The van der Waals surface area contributed by atoms with Crippen molar-refractivity contribution in [2.24, 2.45) is 0 Å². The molecule has 1 saturated carbocycles. The summed E-state index contributed by atoms with van der Waals surface area (Å²) in [6.45, 7) is 4.10. The van der Waals surface area contributed by atoms with E-state index in [9.17, 15) is 5.11 Å². The van der Waals surface area contributed by atoms with E-state index in [1.165, 1.54) is 19.3 Å². The van der Waals surface area contributed by atoms with E-state index in [4.69, 9.17) is 16.3 Å². The highest BCUT2D eigenvalue weighted by molar-refractivity contribution is 6.30. The van der Waals surface area contributed by atoms with Gasteiger partial charge in [-0.1, -0.05) is 30.9 Å². The van der Waals surface area contributed by atoms with Crippen molar-refractivity contribution in [3.8, 4) is 5.88 Å². The van der Waals surface area contributed by atoms with E-state index in [0.717, 1.165) is 10.8 Å². The van der Waals surface area contributed by atoms with Gasteiger partial charge in [0.1, 0.15) is 5.15 Å². The molecule has 0 bridgehead atoms. The van der Waals surface area contributed by atoms with E-state index in [1.807, 2.05) is 6.92 Å². The fourth-order valence-corrected chi connectivity index (χ4v) is 1.85. The standard InChI is InChI=1S/C12H13ClN2O2.C3H6/c1-3-17-12-10-6-14-11(13)4-8(10)9(5-15-12)7(2)16;1-2-3-1/h4-7,16H,3H2,1-2H3;1-3H2. The molecule has 1 aliphatic rings. The van der Waals surface area contributed by atoms with Crippen molar-refractivity contribution < 1.29 is 9.84 Å². The molecule has 0 saturated heterocycles. The number of aliphatic hydroxyl groups excluding tert-OH is 1. The highest BCUT2D eigenvalue weighted by Crippen LogP contribution is 2.30. The largest absolute Gasteiger partial charge is 0.477 e. The van der Waals surface area contributed by atoms with Crippen molar-refractivity contribution in [3.63, 3.8) is 0 Å². The van der Waals surface area contributed by atoms with Crippen LogP contribution in [0.1, 0.15) is 44.8 Å². The average molecular weight is 295 g/mol. The predicted molar refractivity (Wildman–Crippen MR) is 80.2 cm³/mol. The minimum absolute atomic E-state index is 0.382. The van der Waals surface area contributed by atoms with E-state index in [1.54, 1.807) is 25.4 Å². The van der Waals surface area contributed by atoms with Crippen molar-refractivity contribution in [1.82, 2.24) is 9.97 Å². The lowest BCUT2D eigenvalue weighted by molar-refractivity contribution is 0.200. The van der Waals surface area contributed by atoms with Crippen LogP contribution >= 0.6 is 11.6 Å². The molecule has 0 aliphatic heterocycles. The quantitative estimate of drug-likeness (QED) is 0.872. The summed E-state index contributed by atoms with van der Waals surface area (Å²) in [5, 5.41) is 11.6. The lowest BCUT2D eigenvalue weighted by Crippen LogP contribution is -2.00. The minimum atomic E-state index is -0.612. The third kappa shape index (κ3) is 3.81. The molecule has 0 spiro atoms. The Hall–Kier alpha value is -1.39. The number of aliphatic hydroxyl groups is 1. The van der Waals surface area contributed by atoms with E-state index in [0.29, 0.717) is 23.2 Å². The molecule has 20 heavy (non-hydrogen) atoms. The number of pyridine rings is 2. The van der Waals surface area contributed by atoms with Crippen molar-refractivity contribution in [1.29, 1.82) is 0 Å². The van der Waals surface area contributed by atoms with Crippen LogP contribution in [0.25, 0.3) is 10.8 Å². The van der Waals surface area contributed by atoms with E-state index < -0.39 is 6.10 Å². The summed E-state index contributed by atoms with van der Waals surface area (Å²) >= 11 is 5.87. The summed E-state index contributed by atoms with van der Waals surface area (Å²) < 4.78 is 5.42. The Morgan fingerprint density at radius 1 is 1.25 bits per heavy atom. The van der Waals surface area contributed by atoms with Crippen LogP contribution in [0.2, 0.25) is 5.15 Å². The number of halogens is 1. The molecule has 1 unspecified atom stereocenters. The second-order valence-electron chi connectivity index (χ2n) is 4.74. The molecule has 1 fully saturated rings. The van der Waals surface area contributed by atoms with Gasteiger partial charge >= 0.3 is 0 Å². The van der Waals surface area contributed by atoms with Crippen molar-refractivity contribution in [2.45, 2.75) is 39.2 Å². The van der Waals surface area contributed by atoms with E-state index in [2.05, 4.69) is 9.97 Å². The van der Waals surface area contributed by atoms with Gasteiger partial charge < -0.3 is 9.84 Å². The molecule has 2 aromatic rings. The van der Waals surface area contributed by atoms with Gasteiger partial charge in [0.2, 0.25) is 5.88 Å². The molecule has 0 radical (unpaired) electrons. The Labute approximate surface area is 123 Å². The first-order chi connectivity index (χ1) is 9.63. The lowest BCUT2D eigenvalue weighted by Gasteiger charge is -2.12. The van der Waals surface area contributed by atoms with Crippen LogP contribution in [0, 0.1) is 0 Å². The molecule has 1 aliphatic carbocycles. The summed E-state index contributed by atoms with van der Waals surface area (Å²) in [5.41, 5.74) is 0.716. The maximum absolute atomic E-state index is 9.69. The lowest BCUT2D eigenvalue weighted by atomic mass is 10.1. The SMILES string of the molecule is C1CC1.CCOc1ncc(C(C)O)c2cc(Cl)ncc12. The maximum atomic E-state index is 9.69. The number of fused-ring (bicyclic) bond motifs is 1. The number of nitrogens with zero attached hydrogens (tertiary/aromatic N) is 2. The van der Waals surface area contributed by atoms with E-state index in [-0.39, 0.29) is 0 Å². The number of hydrogen-bond acceptors (Lipinski definition) is 4. The first kappa shape index (κ1) is 15.0. The molecule has 108 valence electrons. The third-order valence-electron chi connectivity index (χ3n) is 2.82. The Morgan fingerprint density at radius 2 is 1.95 bits per heavy atom. The van der Waals surface area contributed by atoms with Gasteiger partial charge in [-0.25, -0.2) is 9.97 Å². The van der Waals surface area contributed by atoms with Crippen LogP contribution in [0.5, 0.6) is 5.88 Å². The van der Waals surface area contributed by atoms with Gasteiger partial charge in [-0.05, 0) is 25.3 Å². The molecular weight excluding hydrogens is 276 g/mol. The molecule has 4 nitrogen and oxygen atoms in total. The van der Waals surface area contributed by atoms with E-state index >= 15 is 0 Å². The first-order valence-electron chi connectivity index (χ1n) is 6.88. The zero-order valence-corrected chi connectivity index (χ0v) is 12.5. The normalized spacial score (nSPS) is 14.4. The van der Waals surface area contributed by atoms with Gasteiger partial charge in [-0.2, -0.15) is 0 Å². The summed E-state index contributed by atoms with van der Waals surface area (Å²) in [5.74, 6) is 0.510. The predicted octanol–water partition coefficient (Wildman–Crippen LogP) is 3.91. The van der Waals surface area contributed by atoms with Crippen molar-refractivity contribution >= 4 is 22.4 Å². The second kappa shape index (κ2) is 6.86. The van der Waals surface area contributed by atoms with Gasteiger partial charge in [-0.3, -0.25) is 0 Å². The Morgan fingerprint density at radius 3 is 2.50 bits per heavy atom. The topological polar surface area (TPSA) is 55.2 Å². The molecule has 2 aromatic heterocycles. The fourth-order valence-electron chi connectivity index (χ4n) is 1.69. The molecule has 0 aromatic carbocycles. The Balaban J connectivity index is 0.000000432. The van der Waals surface area contributed by atoms with Crippen LogP contribution in [0.3, 0.4) is 0 Å². The zero-order chi connectivity index (χ0) is 14.5. The van der Waals surface area contributed by atoms with Crippen LogP contribution in [0.15, 0.2) is 18.5 Å². The average Bonchev–Trinajstić information content (AvgIpc) is 3.26. The van der Waals surface area contributed by atoms with Crippen LogP contribution in [-0.4, -0.2) is 21.7 Å². The molecule has 1 atom stereocenters. The molecule has 2 heterocycles. The smallest absolute Gasteiger partial charge is 0.222 e. The monoisotopic (exact) mass is 294 g/mol. The summed E-state index contributed by atoms with van der Waals surface area (Å²) in [7, 11) is 0. The van der Waals surface area contributed by atoms with Gasteiger partial charge in [0.25, 0.3) is 0 Å². The Kier molecular flexibility index (Phi) is 5.15. The molecule has 5 heteroatoms. The third-order valence-corrected chi connectivity index (χ3v) is 3.02. The molecule has 3 rings (SSSR count). The molecule has 1 N–H and O–H groups in total. The number of aromatic nitrogens is 2. The van der Waals surface area contributed by atoms with Crippen LogP contribution < -0.4 is 4.74 Å². The molecule has 0 amide bonds.